The minimum absolute atomic E-state index is 0.665. The zero-order chi connectivity index (χ0) is 15.5. The van der Waals surface area contributed by atoms with Crippen molar-refractivity contribution in [2.45, 2.75) is 13.5 Å². The van der Waals surface area contributed by atoms with Crippen LogP contribution in [0.1, 0.15) is 5.56 Å². The molecule has 112 valence electrons. The molecule has 3 rings (SSSR count). The molecule has 2 heterocycles. The largest absolute Gasteiger partial charge is 0.463 e. The molecule has 0 aliphatic heterocycles. The van der Waals surface area contributed by atoms with Gasteiger partial charge < -0.3 is 8.98 Å². The van der Waals surface area contributed by atoms with Crippen LogP contribution < -0.4 is 4.80 Å². The van der Waals surface area contributed by atoms with Gasteiger partial charge in [-0.1, -0.05) is 23.7 Å². The summed E-state index contributed by atoms with van der Waals surface area (Å²) in [5.41, 5.74) is 2.84. The summed E-state index contributed by atoms with van der Waals surface area (Å²) in [5, 5.41) is 2.76. The SMILES string of the molecule is C=CCn1c(-c2ccco2)csc1=Nc1cccc(Cl)c1C. The molecule has 0 N–H and O–H groups in total. The van der Waals surface area contributed by atoms with Crippen molar-refractivity contribution in [2.24, 2.45) is 4.99 Å². The lowest BCUT2D eigenvalue weighted by Gasteiger charge is -2.05. The second-order valence-corrected chi connectivity index (χ2v) is 6.02. The van der Waals surface area contributed by atoms with Crippen LogP contribution in [0.4, 0.5) is 5.69 Å². The van der Waals surface area contributed by atoms with Crippen LogP contribution in [0.2, 0.25) is 5.02 Å². The lowest BCUT2D eigenvalue weighted by atomic mass is 10.2. The molecule has 0 spiro atoms. The van der Waals surface area contributed by atoms with Crippen molar-refractivity contribution < 1.29 is 4.42 Å². The molecule has 3 aromatic rings. The van der Waals surface area contributed by atoms with Crippen molar-refractivity contribution in [2.75, 3.05) is 0 Å². The number of allylic oxidation sites excluding steroid dienone is 1. The van der Waals surface area contributed by atoms with E-state index < -0.39 is 0 Å². The lowest BCUT2D eigenvalue weighted by molar-refractivity contribution is 0.574. The molecular formula is C17H15ClN2OS. The Bertz CT molecular complexity index is 859. The normalized spacial score (nSPS) is 11.8. The number of benzene rings is 1. The molecule has 0 amide bonds. The van der Waals surface area contributed by atoms with Crippen molar-refractivity contribution in [3.63, 3.8) is 0 Å². The third kappa shape index (κ3) is 2.80. The molecule has 1 aromatic carbocycles. The minimum atomic E-state index is 0.665. The third-order valence-corrected chi connectivity index (χ3v) is 4.61. The summed E-state index contributed by atoms with van der Waals surface area (Å²) in [6.45, 7) is 6.47. The van der Waals surface area contributed by atoms with Crippen LogP contribution in [0.15, 0.2) is 64.0 Å². The minimum Gasteiger partial charge on any atom is -0.463 e. The first-order valence-corrected chi connectivity index (χ1v) is 8.09. The molecule has 0 aliphatic rings. The Labute approximate surface area is 137 Å². The number of thiazole rings is 1. The molecule has 2 aromatic heterocycles. The van der Waals surface area contributed by atoms with Crippen LogP contribution in [-0.2, 0) is 6.54 Å². The summed E-state index contributed by atoms with van der Waals surface area (Å²) >= 11 is 7.74. The van der Waals surface area contributed by atoms with E-state index in [0.717, 1.165) is 32.5 Å². The van der Waals surface area contributed by atoms with Gasteiger partial charge in [-0.15, -0.1) is 17.9 Å². The van der Waals surface area contributed by atoms with E-state index >= 15 is 0 Å². The van der Waals surface area contributed by atoms with Crippen LogP contribution in [0.5, 0.6) is 0 Å². The zero-order valence-electron chi connectivity index (χ0n) is 12.1. The van der Waals surface area contributed by atoms with E-state index in [-0.39, 0.29) is 0 Å². The van der Waals surface area contributed by atoms with E-state index in [1.807, 2.05) is 48.7 Å². The van der Waals surface area contributed by atoms with Crippen LogP contribution in [0.3, 0.4) is 0 Å². The van der Waals surface area contributed by atoms with Crippen molar-refractivity contribution in [3.8, 4) is 11.5 Å². The first-order valence-electron chi connectivity index (χ1n) is 6.83. The van der Waals surface area contributed by atoms with Crippen molar-refractivity contribution in [1.82, 2.24) is 4.57 Å². The summed E-state index contributed by atoms with van der Waals surface area (Å²) in [4.78, 5) is 5.64. The maximum Gasteiger partial charge on any atom is 0.190 e. The van der Waals surface area contributed by atoms with Gasteiger partial charge in [0, 0.05) is 16.9 Å². The topological polar surface area (TPSA) is 30.4 Å². The van der Waals surface area contributed by atoms with Crippen molar-refractivity contribution >= 4 is 28.6 Å². The van der Waals surface area contributed by atoms with Crippen LogP contribution in [0, 0.1) is 6.92 Å². The Kier molecular flexibility index (Phi) is 4.32. The number of halogens is 1. The molecule has 5 heteroatoms. The first-order chi connectivity index (χ1) is 10.7. The van der Waals surface area contributed by atoms with Gasteiger partial charge in [0.25, 0.3) is 0 Å². The van der Waals surface area contributed by atoms with Gasteiger partial charge in [0.15, 0.2) is 10.6 Å². The van der Waals surface area contributed by atoms with Gasteiger partial charge in [0.1, 0.15) is 0 Å². The van der Waals surface area contributed by atoms with Gasteiger partial charge in [-0.2, -0.15) is 0 Å². The van der Waals surface area contributed by atoms with Crippen molar-refractivity contribution in [1.29, 1.82) is 0 Å². The van der Waals surface area contributed by atoms with Gasteiger partial charge in [0.2, 0.25) is 0 Å². The standard InChI is InChI=1S/C17H15ClN2OS/c1-3-9-20-15(16-8-5-10-21-16)11-22-17(20)19-14-7-4-6-13(18)12(14)2/h3-8,10-11H,1,9H2,2H3. The molecule has 0 bridgehead atoms. The number of rotatable bonds is 4. The average molecular weight is 331 g/mol. The van der Waals surface area contributed by atoms with E-state index in [0.29, 0.717) is 6.54 Å². The highest BCUT2D eigenvalue weighted by molar-refractivity contribution is 7.07. The monoisotopic (exact) mass is 330 g/mol. The average Bonchev–Trinajstić information content (AvgIpc) is 3.15. The smallest absolute Gasteiger partial charge is 0.190 e. The predicted molar refractivity (Wildman–Crippen MR) is 91.6 cm³/mol. The molecule has 0 saturated heterocycles. The fraction of sp³-hybridized carbons (Fsp3) is 0.118. The molecule has 0 saturated carbocycles. The number of aromatic nitrogens is 1. The second kappa shape index (κ2) is 6.38. The Morgan fingerprint density at radius 2 is 2.23 bits per heavy atom. The van der Waals surface area contributed by atoms with E-state index in [2.05, 4.69) is 11.1 Å². The molecule has 0 fully saturated rings. The fourth-order valence-electron chi connectivity index (χ4n) is 2.17. The summed E-state index contributed by atoms with van der Waals surface area (Å²) in [7, 11) is 0. The maximum atomic E-state index is 6.17. The van der Waals surface area contributed by atoms with Gasteiger partial charge in [-0.25, -0.2) is 4.99 Å². The van der Waals surface area contributed by atoms with Gasteiger partial charge >= 0.3 is 0 Å². The van der Waals surface area contributed by atoms with Gasteiger partial charge in [0.05, 0.1) is 17.6 Å². The number of furan rings is 1. The zero-order valence-corrected chi connectivity index (χ0v) is 13.7. The fourth-order valence-corrected chi connectivity index (χ4v) is 3.25. The molecule has 0 aliphatic carbocycles. The summed E-state index contributed by atoms with van der Waals surface area (Å²) < 4.78 is 7.58. The molecule has 3 nitrogen and oxygen atoms in total. The van der Waals surface area contributed by atoms with E-state index in [1.165, 1.54) is 0 Å². The number of nitrogens with zero attached hydrogens (tertiary/aromatic N) is 2. The van der Waals surface area contributed by atoms with E-state index in [1.54, 1.807) is 17.6 Å². The predicted octanol–water partition coefficient (Wildman–Crippen LogP) is 5.19. The van der Waals surface area contributed by atoms with Crippen LogP contribution in [-0.4, -0.2) is 4.57 Å². The van der Waals surface area contributed by atoms with Gasteiger partial charge in [-0.05, 0) is 36.8 Å². The number of hydrogen-bond acceptors (Lipinski definition) is 3. The van der Waals surface area contributed by atoms with E-state index in [4.69, 9.17) is 21.0 Å². The Morgan fingerprint density at radius 1 is 1.36 bits per heavy atom. The number of hydrogen-bond donors (Lipinski definition) is 0. The second-order valence-electron chi connectivity index (χ2n) is 4.78. The summed E-state index contributed by atoms with van der Waals surface area (Å²) in [6, 6.07) is 9.56. The Balaban J connectivity index is 2.17. The summed E-state index contributed by atoms with van der Waals surface area (Å²) in [6.07, 6.45) is 3.52. The molecule has 0 radical (unpaired) electrons. The highest BCUT2D eigenvalue weighted by atomic mass is 35.5. The van der Waals surface area contributed by atoms with Crippen LogP contribution >= 0.6 is 22.9 Å². The molecule has 0 atom stereocenters. The van der Waals surface area contributed by atoms with Gasteiger partial charge in [-0.3, -0.25) is 0 Å². The molecular weight excluding hydrogens is 316 g/mol. The highest BCUT2D eigenvalue weighted by Crippen LogP contribution is 2.26. The quantitative estimate of drug-likeness (QED) is 0.605. The first kappa shape index (κ1) is 14.9. The molecule has 22 heavy (non-hydrogen) atoms. The van der Waals surface area contributed by atoms with Crippen LogP contribution in [0.25, 0.3) is 11.5 Å². The Hall–Kier alpha value is -2.04. The Morgan fingerprint density at radius 3 is 2.95 bits per heavy atom. The van der Waals surface area contributed by atoms with Crippen molar-refractivity contribution in [3.05, 3.63) is 70.0 Å². The van der Waals surface area contributed by atoms with E-state index in [9.17, 15) is 0 Å². The maximum absolute atomic E-state index is 6.17. The molecule has 0 unspecified atom stereocenters. The third-order valence-electron chi connectivity index (χ3n) is 3.34. The summed E-state index contributed by atoms with van der Waals surface area (Å²) in [5.74, 6) is 0.822. The highest BCUT2D eigenvalue weighted by Gasteiger charge is 2.10. The lowest BCUT2D eigenvalue weighted by Crippen LogP contribution is -2.14.